The van der Waals surface area contributed by atoms with Crippen molar-refractivity contribution in [2.75, 3.05) is 33.4 Å². The quantitative estimate of drug-likeness (QED) is 0.674. The first kappa shape index (κ1) is 13.5. The second-order valence-corrected chi connectivity index (χ2v) is 3.36. The number of amides is 1. The van der Waals surface area contributed by atoms with Crippen molar-refractivity contribution < 1.29 is 14.3 Å². The number of ether oxygens (including phenoxy) is 2. The van der Waals surface area contributed by atoms with Crippen LogP contribution in [0.15, 0.2) is 24.3 Å². The molecule has 0 aliphatic rings. The first-order chi connectivity index (χ1) is 8.29. The first-order valence-electron chi connectivity index (χ1n) is 5.48. The van der Waals surface area contributed by atoms with Crippen LogP contribution in [-0.4, -0.2) is 39.3 Å². The van der Waals surface area contributed by atoms with E-state index in [0.29, 0.717) is 37.6 Å². The highest BCUT2D eigenvalue weighted by Gasteiger charge is 2.09. The number of carbonyl (C=O) groups is 1. The van der Waals surface area contributed by atoms with E-state index in [2.05, 4.69) is 5.32 Å². The molecule has 0 fully saturated rings. The van der Waals surface area contributed by atoms with Crippen molar-refractivity contribution >= 4 is 5.91 Å². The number of nitrogens with one attached hydrogen (secondary N) is 1. The molecule has 17 heavy (non-hydrogen) atoms. The van der Waals surface area contributed by atoms with Gasteiger partial charge in [0.05, 0.1) is 25.9 Å². The Bertz CT molecular complexity index is 355. The van der Waals surface area contributed by atoms with Crippen molar-refractivity contribution in [3.05, 3.63) is 29.8 Å². The summed E-state index contributed by atoms with van der Waals surface area (Å²) in [5.74, 6) is 0.395. The Morgan fingerprint density at radius 2 is 2.12 bits per heavy atom. The van der Waals surface area contributed by atoms with Gasteiger partial charge in [0.2, 0.25) is 0 Å². The van der Waals surface area contributed by atoms with Crippen LogP contribution < -0.4 is 15.8 Å². The maximum Gasteiger partial charge on any atom is 0.255 e. The first-order valence-corrected chi connectivity index (χ1v) is 5.48. The molecule has 0 bridgehead atoms. The Morgan fingerprint density at radius 1 is 1.35 bits per heavy atom. The van der Waals surface area contributed by atoms with Gasteiger partial charge in [0.25, 0.3) is 5.91 Å². The average Bonchev–Trinajstić information content (AvgIpc) is 2.38. The minimum Gasteiger partial charge on any atom is -0.496 e. The van der Waals surface area contributed by atoms with Crippen LogP contribution in [0.4, 0.5) is 0 Å². The molecule has 1 rings (SSSR count). The van der Waals surface area contributed by atoms with Gasteiger partial charge in [-0.2, -0.15) is 0 Å². The molecule has 0 aliphatic heterocycles. The van der Waals surface area contributed by atoms with Crippen molar-refractivity contribution in [3.63, 3.8) is 0 Å². The van der Waals surface area contributed by atoms with Gasteiger partial charge < -0.3 is 20.5 Å². The summed E-state index contributed by atoms with van der Waals surface area (Å²) in [4.78, 5) is 11.8. The van der Waals surface area contributed by atoms with Gasteiger partial charge in [0.15, 0.2) is 0 Å². The second kappa shape index (κ2) is 7.65. The monoisotopic (exact) mass is 238 g/mol. The number of nitrogens with two attached hydrogens (primary N) is 1. The van der Waals surface area contributed by atoms with Crippen LogP contribution >= 0.6 is 0 Å². The van der Waals surface area contributed by atoms with E-state index in [0.717, 1.165) is 0 Å². The molecule has 0 saturated heterocycles. The summed E-state index contributed by atoms with van der Waals surface area (Å²) in [6.45, 7) is 1.90. The molecule has 0 heterocycles. The smallest absolute Gasteiger partial charge is 0.255 e. The van der Waals surface area contributed by atoms with E-state index < -0.39 is 0 Å². The van der Waals surface area contributed by atoms with E-state index in [1.165, 1.54) is 7.11 Å². The molecule has 1 amide bonds. The molecule has 0 atom stereocenters. The van der Waals surface area contributed by atoms with Gasteiger partial charge in [0, 0.05) is 13.1 Å². The Balaban J connectivity index is 2.41. The molecule has 0 aliphatic carbocycles. The molecular weight excluding hydrogens is 220 g/mol. The van der Waals surface area contributed by atoms with Crippen LogP contribution in [0.25, 0.3) is 0 Å². The summed E-state index contributed by atoms with van der Waals surface area (Å²) < 4.78 is 10.3. The predicted octanol–water partition coefficient (Wildman–Crippen LogP) is 0.400. The number of hydrogen-bond acceptors (Lipinski definition) is 4. The second-order valence-electron chi connectivity index (χ2n) is 3.36. The number of benzene rings is 1. The summed E-state index contributed by atoms with van der Waals surface area (Å²) in [5, 5.41) is 2.75. The molecule has 5 nitrogen and oxygen atoms in total. The number of hydrogen-bond donors (Lipinski definition) is 2. The number of rotatable bonds is 7. The molecule has 0 radical (unpaired) electrons. The van der Waals surface area contributed by atoms with E-state index in [1.54, 1.807) is 18.2 Å². The van der Waals surface area contributed by atoms with Gasteiger partial charge in [-0.25, -0.2) is 0 Å². The Morgan fingerprint density at radius 3 is 2.82 bits per heavy atom. The third-order valence-corrected chi connectivity index (χ3v) is 2.15. The maximum atomic E-state index is 11.8. The molecule has 1 aromatic rings. The largest absolute Gasteiger partial charge is 0.496 e. The summed E-state index contributed by atoms with van der Waals surface area (Å²) >= 11 is 0. The van der Waals surface area contributed by atoms with Crippen LogP contribution in [0.1, 0.15) is 10.4 Å². The predicted molar refractivity (Wildman–Crippen MR) is 65.2 cm³/mol. The minimum atomic E-state index is -0.168. The third kappa shape index (κ3) is 4.42. The topological polar surface area (TPSA) is 73.6 Å². The van der Waals surface area contributed by atoms with Crippen LogP contribution in [0, 0.1) is 0 Å². The summed E-state index contributed by atoms with van der Waals surface area (Å²) in [5.41, 5.74) is 5.79. The minimum absolute atomic E-state index is 0.168. The fourth-order valence-corrected chi connectivity index (χ4v) is 1.35. The highest BCUT2D eigenvalue weighted by atomic mass is 16.5. The SMILES string of the molecule is COc1ccccc1C(=O)NCCOCCN. The molecule has 5 heteroatoms. The van der Waals surface area contributed by atoms with Crippen molar-refractivity contribution in [3.8, 4) is 5.75 Å². The molecule has 0 unspecified atom stereocenters. The van der Waals surface area contributed by atoms with Gasteiger partial charge in [0.1, 0.15) is 5.75 Å². The van der Waals surface area contributed by atoms with Gasteiger partial charge in [-0.3, -0.25) is 4.79 Å². The lowest BCUT2D eigenvalue weighted by Gasteiger charge is -2.09. The van der Waals surface area contributed by atoms with E-state index in [9.17, 15) is 4.79 Å². The van der Waals surface area contributed by atoms with Gasteiger partial charge >= 0.3 is 0 Å². The van der Waals surface area contributed by atoms with Gasteiger partial charge in [-0.05, 0) is 12.1 Å². The maximum absolute atomic E-state index is 11.8. The summed E-state index contributed by atoms with van der Waals surface area (Å²) in [6.07, 6.45) is 0. The fraction of sp³-hybridized carbons (Fsp3) is 0.417. The van der Waals surface area contributed by atoms with Crippen molar-refractivity contribution in [2.24, 2.45) is 5.73 Å². The normalized spacial score (nSPS) is 10.0. The van der Waals surface area contributed by atoms with E-state index in [1.807, 2.05) is 6.07 Å². The molecule has 3 N–H and O–H groups in total. The van der Waals surface area contributed by atoms with E-state index in [-0.39, 0.29) is 5.91 Å². The molecule has 0 spiro atoms. The number of methoxy groups -OCH3 is 1. The molecule has 0 saturated carbocycles. The summed E-state index contributed by atoms with van der Waals surface area (Å²) in [6, 6.07) is 7.08. The highest BCUT2D eigenvalue weighted by molar-refractivity contribution is 5.96. The van der Waals surface area contributed by atoms with Crippen LogP contribution in [0.5, 0.6) is 5.75 Å². The number of carbonyl (C=O) groups excluding carboxylic acids is 1. The Labute approximate surface area is 101 Å². The average molecular weight is 238 g/mol. The van der Waals surface area contributed by atoms with E-state index in [4.69, 9.17) is 15.2 Å². The lowest BCUT2D eigenvalue weighted by atomic mass is 10.2. The van der Waals surface area contributed by atoms with Crippen molar-refractivity contribution in [2.45, 2.75) is 0 Å². The Hall–Kier alpha value is -1.59. The lowest BCUT2D eigenvalue weighted by molar-refractivity contribution is 0.0917. The highest BCUT2D eigenvalue weighted by Crippen LogP contribution is 2.16. The van der Waals surface area contributed by atoms with E-state index >= 15 is 0 Å². The Kier molecular flexibility index (Phi) is 6.06. The molecule has 1 aromatic carbocycles. The standard InChI is InChI=1S/C12H18N2O3/c1-16-11-5-3-2-4-10(11)12(15)14-7-9-17-8-6-13/h2-5H,6-9,13H2,1H3,(H,14,15). The number of para-hydroxylation sites is 1. The molecule has 0 aromatic heterocycles. The zero-order valence-corrected chi connectivity index (χ0v) is 9.94. The third-order valence-electron chi connectivity index (χ3n) is 2.15. The zero-order valence-electron chi connectivity index (χ0n) is 9.94. The summed E-state index contributed by atoms with van der Waals surface area (Å²) in [7, 11) is 1.54. The molecule has 94 valence electrons. The van der Waals surface area contributed by atoms with Crippen LogP contribution in [-0.2, 0) is 4.74 Å². The van der Waals surface area contributed by atoms with Crippen molar-refractivity contribution in [1.29, 1.82) is 0 Å². The van der Waals surface area contributed by atoms with Crippen LogP contribution in [0.3, 0.4) is 0 Å². The van der Waals surface area contributed by atoms with Crippen molar-refractivity contribution in [1.82, 2.24) is 5.32 Å². The zero-order chi connectivity index (χ0) is 12.5. The fourth-order valence-electron chi connectivity index (χ4n) is 1.35. The van der Waals surface area contributed by atoms with Crippen LogP contribution in [0.2, 0.25) is 0 Å². The lowest BCUT2D eigenvalue weighted by Crippen LogP contribution is -2.28. The van der Waals surface area contributed by atoms with Gasteiger partial charge in [-0.15, -0.1) is 0 Å². The molecular formula is C12H18N2O3. The van der Waals surface area contributed by atoms with Gasteiger partial charge in [-0.1, -0.05) is 12.1 Å².